The number of sulfonamides is 1. The molecule has 1 amide bonds. The third-order valence-electron chi connectivity index (χ3n) is 4.47. The van der Waals surface area contributed by atoms with E-state index in [1.54, 1.807) is 30.3 Å². The smallest absolute Gasteiger partial charge is 0.262 e. The van der Waals surface area contributed by atoms with Crippen LogP contribution in [0.15, 0.2) is 71.6 Å². The monoisotopic (exact) mass is 456 g/mol. The maximum atomic E-state index is 12.6. The third-order valence-corrected chi connectivity index (χ3v) is 5.87. The molecule has 0 aliphatic rings. The van der Waals surface area contributed by atoms with Crippen LogP contribution in [-0.4, -0.2) is 35.2 Å². The van der Waals surface area contributed by atoms with E-state index in [1.807, 2.05) is 19.1 Å². The van der Waals surface area contributed by atoms with Gasteiger partial charge in [-0.25, -0.2) is 8.42 Å². The fraction of sp³-hybridized carbons (Fsp3) is 0.174. The molecule has 0 unspecified atom stereocenters. The largest absolute Gasteiger partial charge is 0.497 e. The van der Waals surface area contributed by atoms with Crippen LogP contribution < -0.4 is 24.2 Å². The van der Waals surface area contributed by atoms with Gasteiger partial charge in [-0.3, -0.25) is 9.52 Å². The number of ether oxygens (including phenoxy) is 3. The van der Waals surface area contributed by atoms with Gasteiger partial charge in [0, 0.05) is 11.4 Å². The summed E-state index contributed by atoms with van der Waals surface area (Å²) < 4.78 is 43.5. The lowest BCUT2D eigenvalue weighted by atomic mass is 10.2. The minimum atomic E-state index is -3.78. The van der Waals surface area contributed by atoms with Crippen LogP contribution >= 0.6 is 0 Å². The average molecular weight is 457 g/mol. The van der Waals surface area contributed by atoms with E-state index >= 15 is 0 Å². The van der Waals surface area contributed by atoms with Crippen molar-refractivity contribution in [1.29, 1.82) is 0 Å². The van der Waals surface area contributed by atoms with Crippen molar-refractivity contribution in [2.24, 2.45) is 0 Å². The van der Waals surface area contributed by atoms with Crippen LogP contribution in [0.25, 0.3) is 0 Å². The Labute approximate surface area is 187 Å². The van der Waals surface area contributed by atoms with Crippen LogP contribution in [0, 0.1) is 6.92 Å². The minimum absolute atomic E-state index is 0.0620. The summed E-state index contributed by atoms with van der Waals surface area (Å²) in [7, 11) is -0.716. The van der Waals surface area contributed by atoms with Crippen LogP contribution in [0.5, 0.6) is 17.2 Å². The predicted octanol–water partition coefficient (Wildman–Crippen LogP) is 3.83. The highest BCUT2D eigenvalue weighted by atomic mass is 32.2. The van der Waals surface area contributed by atoms with Gasteiger partial charge in [0.05, 0.1) is 19.1 Å². The average Bonchev–Trinajstić information content (AvgIpc) is 2.78. The molecule has 3 rings (SSSR count). The molecule has 0 spiro atoms. The summed E-state index contributed by atoms with van der Waals surface area (Å²) in [5.41, 5.74) is 1.86. The van der Waals surface area contributed by atoms with E-state index in [4.69, 9.17) is 14.2 Å². The van der Waals surface area contributed by atoms with E-state index in [9.17, 15) is 13.2 Å². The van der Waals surface area contributed by atoms with E-state index in [2.05, 4.69) is 10.0 Å². The number of amides is 1. The first-order valence-electron chi connectivity index (χ1n) is 9.65. The van der Waals surface area contributed by atoms with Crippen LogP contribution in [0.3, 0.4) is 0 Å². The summed E-state index contributed by atoms with van der Waals surface area (Å²) in [6.45, 7) is 1.70. The quantitative estimate of drug-likeness (QED) is 0.507. The van der Waals surface area contributed by atoms with E-state index < -0.39 is 10.0 Å². The zero-order valence-electron chi connectivity index (χ0n) is 17.9. The van der Waals surface area contributed by atoms with Gasteiger partial charge in [0.2, 0.25) is 0 Å². The van der Waals surface area contributed by atoms with Crippen molar-refractivity contribution in [1.82, 2.24) is 0 Å². The van der Waals surface area contributed by atoms with Crippen molar-refractivity contribution >= 4 is 27.3 Å². The Bertz CT molecular complexity index is 1180. The lowest BCUT2D eigenvalue weighted by Crippen LogP contribution is -2.20. The molecule has 168 valence electrons. The molecular formula is C23H24N2O6S. The number of aryl methyl sites for hydroxylation is 1. The van der Waals surface area contributed by atoms with Crippen molar-refractivity contribution < 1.29 is 27.4 Å². The van der Waals surface area contributed by atoms with Gasteiger partial charge in [-0.2, -0.15) is 0 Å². The van der Waals surface area contributed by atoms with Crippen molar-refractivity contribution in [3.63, 3.8) is 0 Å². The van der Waals surface area contributed by atoms with Crippen LogP contribution in [0.4, 0.5) is 11.4 Å². The molecule has 2 N–H and O–H groups in total. The molecule has 8 nitrogen and oxygen atoms in total. The highest BCUT2D eigenvalue weighted by Gasteiger charge is 2.15. The number of carbonyl (C=O) groups excluding carboxylic acids is 1. The Morgan fingerprint density at radius 3 is 2.12 bits per heavy atom. The molecule has 9 heteroatoms. The summed E-state index contributed by atoms with van der Waals surface area (Å²) in [5, 5.41) is 2.67. The number of rotatable bonds is 9. The molecule has 0 aliphatic heterocycles. The van der Waals surface area contributed by atoms with Crippen LogP contribution in [0.1, 0.15) is 5.56 Å². The van der Waals surface area contributed by atoms with E-state index in [0.29, 0.717) is 28.6 Å². The fourth-order valence-corrected chi connectivity index (χ4v) is 3.88. The summed E-state index contributed by atoms with van der Waals surface area (Å²) in [6.07, 6.45) is 0. The number of nitrogens with one attached hydrogen (secondary N) is 2. The van der Waals surface area contributed by atoms with Crippen LogP contribution in [0.2, 0.25) is 0 Å². The Hall–Kier alpha value is -3.72. The molecule has 0 radical (unpaired) electrons. The molecule has 3 aromatic rings. The van der Waals surface area contributed by atoms with Crippen molar-refractivity contribution in [3.05, 3.63) is 72.3 Å². The first-order valence-corrected chi connectivity index (χ1v) is 11.1. The summed E-state index contributed by atoms with van der Waals surface area (Å²) in [4.78, 5) is 12.3. The molecule has 0 bridgehead atoms. The normalized spacial score (nSPS) is 10.8. The Morgan fingerprint density at radius 2 is 1.50 bits per heavy atom. The van der Waals surface area contributed by atoms with Gasteiger partial charge in [-0.1, -0.05) is 6.07 Å². The standard InChI is InChI=1S/C23H24N2O6S/c1-16-4-13-21(22(14-16)30-3)31-15-23(26)24-17-7-11-20(12-8-17)32(27,28)25-18-5-9-19(29-2)10-6-18/h4-14,25H,15H2,1-3H3,(H,24,26). The second-order valence-electron chi connectivity index (χ2n) is 6.85. The predicted molar refractivity (Wildman–Crippen MR) is 122 cm³/mol. The molecule has 0 aliphatic carbocycles. The number of anilines is 2. The van der Waals surface area contributed by atoms with Crippen molar-refractivity contribution in [3.8, 4) is 17.2 Å². The number of hydrogen-bond acceptors (Lipinski definition) is 6. The second kappa shape index (κ2) is 10.1. The van der Waals surface area contributed by atoms with Crippen molar-refractivity contribution in [2.45, 2.75) is 11.8 Å². The molecule has 0 atom stereocenters. The maximum absolute atomic E-state index is 12.6. The first-order chi connectivity index (χ1) is 15.3. The van der Waals surface area contributed by atoms with Gasteiger partial charge in [-0.05, 0) is 73.2 Å². The SMILES string of the molecule is COc1ccc(NS(=O)(=O)c2ccc(NC(=O)COc3ccc(C)cc3OC)cc2)cc1. The highest BCUT2D eigenvalue weighted by molar-refractivity contribution is 7.92. The van der Waals surface area contributed by atoms with Gasteiger partial charge in [0.1, 0.15) is 5.75 Å². The molecule has 0 aromatic heterocycles. The van der Waals surface area contributed by atoms with Crippen molar-refractivity contribution in [2.75, 3.05) is 30.9 Å². The molecule has 0 saturated carbocycles. The molecule has 0 saturated heterocycles. The zero-order chi connectivity index (χ0) is 23.1. The van der Waals surface area contributed by atoms with Gasteiger partial charge in [-0.15, -0.1) is 0 Å². The molecular weight excluding hydrogens is 432 g/mol. The van der Waals surface area contributed by atoms with E-state index in [0.717, 1.165) is 5.56 Å². The Kier molecular flexibility index (Phi) is 7.21. The first kappa shape index (κ1) is 23.0. The lowest BCUT2D eigenvalue weighted by molar-refractivity contribution is -0.118. The van der Waals surface area contributed by atoms with Crippen LogP contribution in [-0.2, 0) is 14.8 Å². The summed E-state index contributed by atoms with van der Waals surface area (Å²) in [5.74, 6) is 1.23. The maximum Gasteiger partial charge on any atom is 0.262 e. The number of carbonyl (C=O) groups is 1. The number of methoxy groups -OCH3 is 2. The molecule has 0 heterocycles. The number of hydrogen-bond donors (Lipinski definition) is 2. The molecule has 3 aromatic carbocycles. The topological polar surface area (TPSA) is 103 Å². The molecule has 32 heavy (non-hydrogen) atoms. The fourth-order valence-electron chi connectivity index (χ4n) is 2.82. The minimum Gasteiger partial charge on any atom is -0.497 e. The number of benzene rings is 3. The molecule has 0 fully saturated rings. The lowest BCUT2D eigenvalue weighted by Gasteiger charge is -2.12. The van der Waals surface area contributed by atoms with Gasteiger partial charge in [0.15, 0.2) is 18.1 Å². The van der Waals surface area contributed by atoms with Gasteiger partial charge in [0.25, 0.3) is 15.9 Å². The highest BCUT2D eigenvalue weighted by Crippen LogP contribution is 2.27. The summed E-state index contributed by atoms with van der Waals surface area (Å²) in [6, 6.07) is 17.8. The Morgan fingerprint density at radius 1 is 0.844 bits per heavy atom. The zero-order valence-corrected chi connectivity index (χ0v) is 18.7. The van der Waals surface area contributed by atoms with Gasteiger partial charge < -0.3 is 19.5 Å². The summed E-state index contributed by atoms with van der Waals surface area (Å²) >= 11 is 0. The van der Waals surface area contributed by atoms with E-state index in [-0.39, 0.29) is 17.4 Å². The van der Waals surface area contributed by atoms with Gasteiger partial charge >= 0.3 is 0 Å². The second-order valence-corrected chi connectivity index (χ2v) is 8.53. The van der Waals surface area contributed by atoms with E-state index in [1.165, 1.54) is 38.5 Å². The third kappa shape index (κ3) is 5.92. The Balaban J connectivity index is 1.59.